The predicted molar refractivity (Wildman–Crippen MR) is 60.9 cm³/mol. The third-order valence-electron chi connectivity index (χ3n) is 2.25. The van der Waals surface area contributed by atoms with Gasteiger partial charge in [-0.15, -0.1) is 0 Å². The van der Waals surface area contributed by atoms with E-state index in [0.717, 1.165) is 17.4 Å². The summed E-state index contributed by atoms with van der Waals surface area (Å²) in [6, 6.07) is 3.47. The fourth-order valence-corrected chi connectivity index (χ4v) is 1.49. The van der Waals surface area contributed by atoms with Gasteiger partial charge in [-0.05, 0) is 37.1 Å². The first-order valence-corrected chi connectivity index (χ1v) is 4.98. The van der Waals surface area contributed by atoms with Crippen LogP contribution in [0.3, 0.4) is 0 Å². The van der Waals surface area contributed by atoms with E-state index in [1.807, 2.05) is 13.8 Å². The van der Waals surface area contributed by atoms with Gasteiger partial charge in [0.25, 0.3) is 5.91 Å². The summed E-state index contributed by atoms with van der Waals surface area (Å²) in [5.74, 6) is 0.479. The average Bonchev–Trinajstić information content (AvgIpc) is 2.27. The second-order valence-electron chi connectivity index (χ2n) is 3.56. The van der Waals surface area contributed by atoms with Crippen LogP contribution in [0.2, 0.25) is 0 Å². The van der Waals surface area contributed by atoms with Gasteiger partial charge in [-0.1, -0.05) is 0 Å². The van der Waals surface area contributed by atoms with Crippen molar-refractivity contribution in [3.8, 4) is 5.75 Å². The SMILES string of the molecule is CNC(=O)COc1c(C)cc(C=O)cc1C. The molecule has 0 spiro atoms. The lowest BCUT2D eigenvalue weighted by molar-refractivity contribution is -0.122. The van der Waals surface area contributed by atoms with Crippen molar-refractivity contribution in [2.24, 2.45) is 0 Å². The number of carbonyl (C=O) groups is 2. The molecule has 0 aliphatic carbocycles. The molecule has 0 aliphatic heterocycles. The number of ether oxygens (including phenoxy) is 1. The van der Waals surface area contributed by atoms with Gasteiger partial charge in [0.05, 0.1) is 0 Å². The van der Waals surface area contributed by atoms with Crippen molar-refractivity contribution >= 4 is 12.2 Å². The minimum atomic E-state index is -0.182. The lowest BCUT2D eigenvalue weighted by atomic mass is 10.1. The number of benzene rings is 1. The Hall–Kier alpha value is -1.84. The zero-order valence-corrected chi connectivity index (χ0v) is 9.66. The first-order valence-electron chi connectivity index (χ1n) is 4.98. The van der Waals surface area contributed by atoms with E-state index >= 15 is 0 Å². The van der Waals surface area contributed by atoms with E-state index in [1.54, 1.807) is 19.2 Å². The molecule has 0 atom stereocenters. The van der Waals surface area contributed by atoms with E-state index in [1.165, 1.54) is 0 Å². The number of nitrogens with one attached hydrogen (secondary N) is 1. The molecule has 0 heterocycles. The van der Waals surface area contributed by atoms with Crippen LogP contribution in [0, 0.1) is 13.8 Å². The molecule has 0 fully saturated rings. The van der Waals surface area contributed by atoms with Crippen LogP contribution in [0.5, 0.6) is 5.75 Å². The van der Waals surface area contributed by atoms with Crippen LogP contribution in [-0.4, -0.2) is 25.8 Å². The summed E-state index contributed by atoms with van der Waals surface area (Å²) >= 11 is 0. The normalized spacial score (nSPS) is 9.69. The molecule has 0 aliphatic rings. The van der Waals surface area contributed by atoms with E-state index in [-0.39, 0.29) is 12.5 Å². The number of amides is 1. The highest BCUT2D eigenvalue weighted by Crippen LogP contribution is 2.24. The Balaban J connectivity index is 2.88. The molecule has 1 aromatic carbocycles. The number of carbonyl (C=O) groups excluding carboxylic acids is 2. The number of likely N-dealkylation sites (N-methyl/N-ethyl adjacent to an activating group) is 1. The predicted octanol–water partition coefficient (Wildman–Crippen LogP) is 1.24. The molecule has 0 unspecified atom stereocenters. The highest BCUT2D eigenvalue weighted by molar-refractivity contribution is 5.78. The topological polar surface area (TPSA) is 55.4 Å². The lowest BCUT2D eigenvalue weighted by Crippen LogP contribution is -2.25. The van der Waals surface area contributed by atoms with Gasteiger partial charge in [0.15, 0.2) is 6.61 Å². The van der Waals surface area contributed by atoms with Gasteiger partial charge < -0.3 is 10.1 Å². The van der Waals surface area contributed by atoms with Crippen molar-refractivity contribution in [3.63, 3.8) is 0 Å². The summed E-state index contributed by atoms with van der Waals surface area (Å²) in [6.45, 7) is 3.68. The minimum absolute atomic E-state index is 0.0153. The van der Waals surface area contributed by atoms with E-state index in [2.05, 4.69) is 5.32 Å². The molecular formula is C12H15NO3. The quantitative estimate of drug-likeness (QED) is 0.778. The molecule has 4 nitrogen and oxygen atoms in total. The molecule has 0 saturated heterocycles. The van der Waals surface area contributed by atoms with Crippen LogP contribution < -0.4 is 10.1 Å². The van der Waals surface area contributed by atoms with Gasteiger partial charge in [0.1, 0.15) is 12.0 Å². The molecule has 0 bridgehead atoms. The molecule has 4 heteroatoms. The number of hydrogen-bond acceptors (Lipinski definition) is 3. The van der Waals surface area contributed by atoms with Crippen molar-refractivity contribution in [2.75, 3.05) is 13.7 Å². The second kappa shape index (κ2) is 5.30. The second-order valence-corrected chi connectivity index (χ2v) is 3.56. The summed E-state index contributed by atoms with van der Waals surface area (Å²) in [5, 5.41) is 2.48. The van der Waals surface area contributed by atoms with E-state index in [4.69, 9.17) is 4.74 Å². The van der Waals surface area contributed by atoms with Crippen molar-refractivity contribution < 1.29 is 14.3 Å². The Labute approximate surface area is 94.6 Å². The molecule has 1 aromatic rings. The monoisotopic (exact) mass is 221 g/mol. The van der Waals surface area contributed by atoms with Gasteiger partial charge >= 0.3 is 0 Å². The van der Waals surface area contributed by atoms with E-state index < -0.39 is 0 Å². The lowest BCUT2D eigenvalue weighted by Gasteiger charge is -2.11. The molecule has 1 amide bonds. The summed E-state index contributed by atoms with van der Waals surface area (Å²) in [5.41, 5.74) is 2.32. The number of aldehydes is 1. The zero-order valence-electron chi connectivity index (χ0n) is 9.66. The fourth-order valence-electron chi connectivity index (χ4n) is 1.49. The summed E-state index contributed by atoms with van der Waals surface area (Å²) < 4.78 is 5.39. The molecule has 0 radical (unpaired) electrons. The Morgan fingerprint density at radius 3 is 2.38 bits per heavy atom. The van der Waals surface area contributed by atoms with Crippen LogP contribution in [0.1, 0.15) is 21.5 Å². The Bertz CT molecular complexity index is 390. The summed E-state index contributed by atoms with van der Waals surface area (Å²) in [7, 11) is 1.56. The molecule has 86 valence electrons. The highest BCUT2D eigenvalue weighted by atomic mass is 16.5. The standard InChI is InChI=1S/C12H15NO3/c1-8-4-10(6-14)5-9(2)12(8)16-7-11(15)13-3/h4-6H,7H2,1-3H3,(H,13,15). The maximum atomic E-state index is 11.0. The smallest absolute Gasteiger partial charge is 0.257 e. The zero-order chi connectivity index (χ0) is 12.1. The van der Waals surface area contributed by atoms with Crippen molar-refractivity contribution in [2.45, 2.75) is 13.8 Å². The first-order chi connectivity index (χ1) is 7.58. The minimum Gasteiger partial charge on any atom is -0.483 e. The Kier molecular flexibility index (Phi) is 4.05. The van der Waals surface area contributed by atoms with Crippen LogP contribution in [0.4, 0.5) is 0 Å². The van der Waals surface area contributed by atoms with Crippen molar-refractivity contribution in [1.82, 2.24) is 5.32 Å². The van der Waals surface area contributed by atoms with E-state index in [9.17, 15) is 9.59 Å². The maximum absolute atomic E-state index is 11.0. The van der Waals surface area contributed by atoms with Crippen LogP contribution in [-0.2, 0) is 4.79 Å². The Morgan fingerprint density at radius 1 is 1.38 bits per heavy atom. The van der Waals surface area contributed by atoms with Crippen molar-refractivity contribution in [3.05, 3.63) is 28.8 Å². The van der Waals surface area contributed by atoms with Gasteiger partial charge in [0.2, 0.25) is 0 Å². The molecule has 0 saturated carbocycles. The van der Waals surface area contributed by atoms with Crippen LogP contribution in [0.25, 0.3) is 0 Å². The number of hydrogen-bond donors (Lipinski definition) is 1. The Morgan fingerprint density at radius 2 is 1.94 bits per heavy atom. The van der Waals surface area contributed by atoms with Crippen LogP contribution in [0.15, 0.2) is 12.1 Å². The van der Waals surface area contributed by atoms with E-state index in [0.29, 0.717) is 11.3 Å². The highest BCUT2D eigenvalue weighted by Gasteiger charge is 2.07. The molecule has 0 aromatic heterocycles. The van der Waals surface area contributed by atoms with Gasteiger partial charge in [-0.25, -0.2) is 0 Å². The number of rotatable bonds is 4. The molecule has 1 rings (SSSR count). The fraction of sp³-hybridized carbons (Fsp3) is 0.333. The third-order valence-corrected chi connectivity index (χ3v) is 2.25. The van der Waals surface area contributed by atoms with Gasteiger partial charge in [-0.3, -0.25) is 9.59 Å². The van der Waals surface area contributed by atoms with Crippen molar-refractivity contribution in [1.29, 1.82) is 0 Å². The number of aryl methyl sites for hydroxylation is 2. The first kappa shape index (κ1) is 12.2. The largest absolute Gasteiger partial charge is 0.483 e. The molecular weight excluding hydrogens is 206 g/mol. The third kappa shape index (κ3) is 2.82. The van der Waals surface area contributed by atoms with Crippen LogP contribution >= 0.6 is 0 Å². The molecule has 1 N–H and O–H groups in total. The average molecular weight is 221 g/mol. The summed E-state index contributed by atoms with van der Waals surface area (Å²) in [6.07, 6.45) is 0.794. The van der Waals surface area contributed by atoms with Gasteiger partial charge in [-0.2, -0.15) is 0 Å². The summed E-state index contributed by atoms with van der Waals surface area (Å²) in [4.78, 5) is 21.7. The maximum Gasteiger partial charge on any atom is 0.257 e. The van der Waals surface area contributed by atoms with Gasteiger partial charge in [0, 0.05) is 12.6 Å². The molecule has 16 heavy (non-hydrogen) atoms.